The molecule has 16 heteroatoms. The Bertz CT molecular complexity index is 1520. The fourth-order valence-electron chi connectivity index (χ4n) is 4.28. The van der Waals surface area contributed by atoms with Gasteiger partial charge in [-0.25, -0.2) is 0 Å². The number of nitrogens with zero attached hydrogens (tertiary/aromatic N) is 3. The van der Waals surface area contributed by atoms with Crippen LogP contribution in [0.1, 0.15) is 27.7 Å². The Morgan fingerprint density at radius 1 is 0.750 bits per heavy atom. The lowest BCUT2D eigenvalue weighted by molar-refractivity contribution is -0.384. The van der Waals surface area contributed by atoms with E-state index in [4.69, 9.17) is 32.8 Å². The minimum atomic E-state index is -1.40. The number of aromatic nitrogens is 2. The van der Waals surface area contributed by atoms with Crippen molar-refractivity contribution in [3.8, 4) is 28.7 Å². The molecule has 16 nitrogen and oxygen atoms in total. The lowest BCUT2D eigenvalue weighted by Crippen LogP contribution is -2.63. The van der Waals surface area contributed by atoms with Gasteiger partial charge in [0.2, 0.25) is 24.2 Å². The van der Waals surface area contributed by atoms with Crippen LogP contribution in [0.2, 0.25) is 0 Å². The Labute approximate surface area is 249 Å². The van der Waals surface area contributed by atoms with Crippen molar-refractivity contribution in [2.45, 2.75) is 58.4 Å². The van der Waals surface area contributed by atoms with Gasteiger partial charge in [-0.1, -0.05) is 0 Å². The van der Waals surface area contributed by atoms with Gasteiger partial charge in [0.1, 0.15) is 18.5 Å². The molecule has 2 aromatic carbocycles. The van der Waals surface area contributed by atoms with Crippen molar-refractivity contribution >= 4 is 29.6 Å². The minimum absolute atomic E-state index is 0.0826. The number of carbonyl (C=O) groups excluding carboxylic acids is 4. The second-order valence-electron chi connectivity index (χ2n) is 9.43. The maximum Gasteiger partial charge on any atom is 0.303 e. The Morgan fingerprint density at radius 3 is 1.75 bits per heavy atom. The number of hydrogen-bond donors (Lipinski definition) is 0. The molecule has 3 aromatic rings. The molecule has 0 saturated carbocycles. The third kappa shape index (κ3) is 7.91. The molecule has 5 atom stereocenters. The average molecular weight is 614 g/mol. The fourth-order valence-corrected chi connectivity index (χ4v) is 4.28. The molecule has 1 saturated heterocycles. The fraction of sp³-hybridized carbons (Fsp3) is 0.357. The molecule has 0 radical (unpaired) electrons. The lowest BCUT2D eigenvalue weighted by atomic mass is 9.98. The van der Waals surface area contributed by atoms with Crippen LogP contribution in [0.15, 0.2) is 52.9 Å². The van der Waals surface area contributed by atoms with Gasteiger partial charge < -0.3 is 32.8 Å². The summed E-state index contributed by atoms with van der Waals surface area (Å²) in [5.41, 5.74) is 0.901. The topological polar surface area (TPSA) is 206 Å². The van der Waals surface area contributed by atoms with Crippen molar-refractivity contribution < 1.29 is 56.9 Å². The summed E-state index contributed by atoms with van der Waals surface area (Å²) in [5, 5.41) is 18.9. The first-order valence-corrected chi connectivity index (χ1v) is 13.1. The molecule has 0 amide bonds. The van der Waals surface area contributed by atoms with Gasteiger partial charge in [0.05, 0.1) is 4.92 Å². The third-order valence-electron chi connectivity index (χ3n) is 6.05. The molecule has 1 aliphatic heterocycles. The van der Waals surface area contributed by atoms with Crippen LogP contribution in [0, 0.1) is 10.1 Å². The van der Waals surface area contributed by atoms with Crippen molar-refractivity contribution in [1.29, 1.82) is 0 Å². The van der Waals surface area contributed by atoms with Gasteiger partial charge in [0.25, 0.3) is 5.69 Å². The van der Waals surface area contributed by atoms with Crippen molar-refractivity contribution in [3.63, 3.8) is 0 Å². The van der Waals surface area contributed by atoms with Crippen LogP contribution in [0.25, 0.3) is 22.9 Å². The Balaban J connectivity index is 1.57. The van der Waals surface area contributed by atoms with Crippen molar-refractivity contribution in [2.75, 3.05) is 6.61 Å². The number of ether oxygens (including phenoxy) is 6. The predicted octanol–water partition coefficient (Wildman–Crippen LogP) is 2.77. The molecule has 0 N–H and O–H groups in total. The zero-order valence-electron chi connectivity index (χ0n) is 23.9. The van der Waals surface area contributed by atoms with Gasteiger partial charge in [-0.3, -0.25) is 29.3 Å². The smallest absolute Gasteiger partial charge is 0.303 e. The summed E-state index contributed by atoms with van der Waals surface area (Å²) in [6.07, 6.45) is -6.66. The highest BCUT2D eigenvalue weighted by atomic mass is 16.7. The van der Waals surface area contributed by atoms with E-state index in [0.717, 1.165) is 20.8 Å². The lowest BCUT2D eigenvalue weighted by Gasteiger charge is -2.43. The molecular formula is C28H27N3O13. The van der Waals surface area contributed by atoms with Gasteiger partial charge in [-0.2, -0.15) is 0 Å². The molecule has 1 aliphatic rings. The molecular weight excluding hydrogens is 586 g/mol. The minimum Gasteiger partial charge on any atom is -0.463 e. The zero-order chi connectivity index (χ0) is 32.0. The highest BCUT2D eigenvalue weighted by Gasteiger charge is 2.53. The van der Waals surface area contributed by atoms with E-state index in [1.165, 1.54) is 43.3 Å². The van der Waals surface area contributed by atoms with E-state index in [9.17, 15) is 29.3 Å². The van der Waals surface area contributed by atoms with Crippen LogP contribution in [-0.2, 0) is 42.9 Å². The van der Waals surface area contributed by atoms with Crippen molar-refractivity contribution in [2.24, 2.45) is 0 Å². The van der Waals surface area contributed by atoms with Crippen LogP contribution >= 0.6 is 0 Å². The van der Waals surface area contributed by atoms with E-state index in [-0.39, 0.29) is 23.2 Å². The number of nitro groups is 1. The monoisotopic (exact) mass is 613 g/mol. The van der Waals surface area contributed by atoms with Crippen LogP contribution in [-0.4, -0.2) is 76.3 Å². The van der Waals surface area contributed by atoms with Crippen LogP contribution in [0.3, 0.4) is 0 Å². The molecule has 0 bridgehead atoms. The van der Waals surface area contributed by atoms with E-state index in [1.54, 1.807) is 12.1 Å². The summed E-state index contributed by atoms with van der Waals surface area (Å²) in [7, 11) is 0. The predicted molar refractivity (Wildman–Crippen MR) is 144 cm³/mol. The third-order valence-corrected chi connectivity index (χ3v) is 6.05. The Kier molecular flexibility index (Phi) is 9.85. The van der Waals surface area contributed by atoms with Gasteiger partial charge in [0.15, 0.2) is 12.2 Å². The normalized spacial score (nSPS) is 21.0. The Morgan fingerprint density at radius 2 is 1.25 bits per heavy atom. The first-order chi connectivity index (χ1) is 20.9. The summed E-state index contributed by atoms with van der Waals surface area (Å²) in [6.45, 7) is 4.13. The summed E-state index contributed by atoms with van der Waals surface area (Å²) in [6, 6.07) is 11.8. The van der Waals surface area contributed by atoms with Gasteiger partial charge in [-0.15, -0.1) is 10.2 Å². The molecule has 0 spiro atoms. The van der Waals surface area contributed by atoms with E-state index >= 15 is 0 Å². The number of esters is 4. The summed E-state index contributed by atoms with van der Waals surface area (Å²) < 4.78 is 38.8. The summed E-state index contributed by atoms with van der Waals surface area (Å²) >= 11 is 0. The maximum atomic E-state index is 12.0. The molecule has 1 aromatic heterocycles. The summed E-state index contributed by atoms with van der Waals surface area (Å²) in [4.78, 5) is 57.8. The van der Waals surface area contributed by atoms with Gasteiger partial charge in [0, 0.05) is 51.0 Å². The van der Waals surface area contributed by atoms with E-state index < -0.39 is 66.1 Å². The number of carbonyl (C=O) groups is 4. The Hall–Kier alpha value is -5.38. The molecule has 4 rings (SSSR count). The highest BCUT2D eigenvalue weighted by Crippen LogP contribution is 2.32. The number of hydrogen-bond acceptors (Lipinski definition) is 15. The SMILES string of the molecule is CC(=O)OC[C@H]1O[C@@H](Oc2ccc(-c3nnc(-c4ccc([N+](=O)[O-])cc4)o3)cc2)[C@H](OC(C)=O)[C@@H](OC(C)=O)[C@@H]1OC(C)=O. The van der Waals surface area contributed by atoms with E-state index in [2.05, 4.69) is 10.2 Å². The van der Waals surface area contributed by atoms with Gasteiger partial charge >= 0.3 is 23.9 Å². The van der Waals surface area contributed by atoms with Crippen LogP contribution in [0.4, 0.5) is 5.69 Å². The largest absolute Gasteiger partial charge is 0.463 e. The van der Waals surface area contributed by atoms with Crippen LogP contribution in [0.5, 0.6) is 5.75 Å². The molecule has 44 heavy (non-hydrogen) atoms. The summed E-state index contributed by atoms with van der Waals surface area (Å²) in [5.74, 6) is -2.42. The highest BCUT2D eigenvalue weighted by molar-refractivity contribution is 5.69. The second kappa shape index (κ2) is 13.7. The molecule has 0 aliphatic carbocycles. The molecule has 1 fully saturated rings. The molecule has 232 valence electrons. The van der Waals surface area contributed by atoms with Crippen LogP contribution < -0.4 is 4.74 Å². The quantitative estimate of drug-likeness (QED) is 0.139. The van der Waals surface area contributed by atoms with Crippen molar-refractivity contribution in [3.05, 3.63) is 58.6 Å². The van der Waals surface area contributed by atoms with E-state index in [1.807, 2.05) is 0 Å². The number of rotatable bonds is 10. The van der Waals surface area contributed by atoms with E-state index in [0.29, 0.717) is 11.1 Å². The average Bonchev–Trinajstić information content (AvgIpc) is 3.45. The number of non-ortho nitro benzene ring substituents is 1. The van der Waals surface area contributed by atoms with Gasteiger partial charge in [-0.05, 0) is 36.4 Å². The second-order valence-corrected chi connectivity index (χ2v) is 9.43. The number of benzene rings is 2. The maximum absolute atomic E-state index is 12.0. The standard InChI is InChI=1S/C28H27N3O13/c1-14(32)38-13-22-23(39-15(2)33)24(40-16(3)34)25(41-17(4)35)28(43-22)42-21-11-7-19(8-12-21)27-30-29-26(44-27)18-5-9-20(10-6-18)31(36)37/h5-12,22-25,28H,13H2,1-4H3/t22-,23-,24+,25-,28-/m1/s1. The molecule has 0 unspecified atom stereocenters. The molecule has 2 heterocycles. The zero-order valence-corrected chi connectivity index (χ0v) is 23.9. The number of nitro benzene ring substituents is 1. The first kappa shape index (κ1) is 31.6. The first-order valence-electron chi connectivity index (χ1n) is 13.1. The van der Waals surface area contributed by atoms with Crippen molar-refractivity contribution in [1.82, 2.24) is 10.2 Å².